The van der Waals surface area contributed by atoms with E-state index < -0.39 is 47.7 Å². The average Bonchev–Trinajstić information content (AvgIpc) is 2.93. The highest BCUT2D eigenvalue weighted by atomic mass is 32.1. The number of carbonyl (C=O) groups is 7. The van der Waals surface area contributed by atoms with Gasteiger partial charge in [0.25, 0.3) is 0 Å². The molecule has 0 aliphatic carbocycles. The number of nitrogens with one attached hydrogen (secondary N) is 7. The molecule has 16 nitrogen and oxygen atoms in total. The highest BCUT2D eigenvalue weighted by Gasteiger charge is 2.28. The van der Waals surface area contributed by atoms with Crippen LogP contribution in [0.4, 0.5) is 0 Å². The molecule has 256 valence electrons. The Morgan fingerprint density at radius 1 is 0.578 bits per heavy atom. The molecule has 10 N–H and O–H groups in total. The highest BCUT2D eigenvalue weighted by molar-refractivity contribution is 7.80. The maximum atomic E-state index is 13.3. The Kier molecular flexibility index (Phi) is 22.1. The minimum atomic E-state index is -1.05. The van der Waals surface area contributed by atoms with Gasteiger partial charge in [0.2, 0.25) is 35.4 Å². The molecule has 0 aromatic heterocycles. The second kappa shape index (κ2) is 24.3. The summed E-state index contributed by atoms with van der Waals surface area (Å²) < 4.78 is 0. The van der Waals surface area contributed by atoms with Crippen LogP contribution in [0.3, 0.4) is 0 Å². The number of rotatable bonds is 24. The molecule has 17 heteroatoms. The number of primary amides is 1. The van der Waals surface area contributed by atoms with E-state index in [1.54, 1.807) is 0 Å². The lowest BCUT2D eigenvalue weighted by atomic mass is 10.0. The standard InChI is InChI=1S/C28H50N8O8S/c1-18(37)30-14-7-4-10-21(25(29)42)35-27(44)23(12-6-9-16-32-28(45)33-17-13-24(40)41)36-26(43)22(34-20(3)39)11-5-8-15-31-19(2)38/h21-23H,4-17H2,1-3H3,(H2,29,42)(H,30,37)(H,31,38)(H,34,39)(H,35,44)(H,36,43)(H,40,41)(H2,32,33,45)/t21-,22-,23-/m0/s1. The van der Waals surface area contributed by atoms with E-state index >= 15 is 0 Å². The molecule has 0 unspecified atom stereocenters. The molecular formula is C28H50N8O8S. The van der Waals surface area contributed by atoms with Crippen molar-refractivity contribution in [1.82, 2.24) is 37.2 Å². The molecule has 0 spiro atoms. The third kappa shape index (κ3) is 23.1. The zero-order chi connectivity index (χ0) is 34.2. The van der Waals surface area contributed by atoms with Crippen LogP contribution < -0.4 is 43.0 Å². The van der Waals surface area contributed by atoms with Gasteiger partial charge in [-0.3, -0.25) is 33.6 Å². The van der Waals surface area contributed by atoms with Gasteiger partial charge < -0.3 is 48.1 Å². The van der Waals surface area contributed by atoms with Crippen molar-refractivity contribution in [3.63, 3.8) is 0 Å². The molecule has 0 heterocycles. The topological polar surface area (TPSA) is 250 Å². The quantitative estimate of drug-likeness (QED) is 0.0434. The number of carboxylic acids is 1. The Morgan fingerprint density at radius 3 is 1.40 bits per heavy atom. The molecule has 0 rings (SSSR count). The van der Waals surface area contributed by atoms with Gasteiger partial charge in [0, 0.05) is 47.0 Å². The van der Waals surface area contributed by atoms with E-state index in [-0.39, 0.29) is 44.0 Å². The van der Waals surface area contributed by atoms with Crippen LogP contribution in [0.15, 0.2) is 0 Å². The van der Waals surface area contributed by atoms with Gasteiger partial charge in [0.15, 0.2) is 5.11 Å². The molecule has 0 aliphatic heterocycles. The summed E-state index contributed by atoms with van der Waals surface area (Å²) in [6.45, 7) is 5.49. The first kappa shape index (κ1) is 41.0. The predicted octanol–water partition coefficient (Wildman–Crippen LogP) is -1.33. The number of aliphatic carboxylic acids is 1. The Morgan fingerprint density at radius 2 is 0.978 bits per heavy atom. The fourth-order valence-corrected chi connectivity index (χ4v) is 4.31. The Bertz CT molecular complexity index is 1010. The number of hydrogen-bond donors (Lipinski definition) is 9. The first-order valence-electron chi connectivity index (χ1n) is 15.1. The summed E-state index contributed by atoms with van der Waals surface area (Å²) in [5, 5.41) is 28.0. The SMILES string of the molecule is CC(=O)NCCCC[C@H](NC(=O)[C@H](CCCCNC(=S)NCCC(=O)O)NC(=O)[C@H](CCCCNC(C)=O)NC(C)=O)C(N)=O. The van der Waals surface area contributed by atoms with Crippen molar-refractivity contribution in [2.75, 3.05) is 26.2 Å². The lowest BCUT2D eigenvalue weighted by Crippen LogP contribution is -2.56. The van der Waals surface area contributed by atoms with Gasteiger partial charge in [0.05, 0.1) is 6.42 Å². The van der Waals surface area contributed by atoms with Gasteiger partial charge in [-0.1, -0.05) is 0 Å². The third-order valence-corrected chi connectivity index (χ3v) is 6.69. The Hall–Kier alpha value is -4.02. The van der Waals surface area contributed by atoms with E-state index in [1.807, 2.05) is 0 Å². The van der Waals surface area contributed by atoms with Gasteiger partial charge in [-0.05, 0) is 70.0 Å². The number of thiocarbonyl (C=S) groups is 1. The average molecular weight is 659 g/mol. The van der Waals surface area contributed by atoms with Crippen LogP contribution in [-0.2, 0) is 33.6 Å². The summed E-state index contributed by atoms with van der Waals surface area (Å²) in [5.41, 5.74) is 5.53. The zero-order valence-corrected chi connectivity index (χ0v) is 27.2. The summed E-state index contributed by atoms with van der Waals surface area (Å²) in [6, 6.07) is -2.97. The molecule has 0 bridgehead atoms. The minimum absolute atomic E-state index is 0.0886. The fraction of sp³-hybridized carbons (Fsp3) is 0.714. The minimum Gasteiger partial charge on any atom is -0.481 e. The van der Waals surface area contributed by atoms with Gasteiger partial charge in [-0.15, -0.1) is 0 Å². The monoisotopic (exact) mass is 658 g/mol. The number of nitrogens with two attached hydrogens (primary N) is 1. The maximum Gasteiger partial charge on any atom is 0.305 e. The van der Waals surface area contributed by atoms with E-state index in [1.165, 1.54) is 20.8 Å². The van der Waals surface area contributed by atoms with Gasteiger partial charge in [0.1, 0.15) is 18.1 Å². The van der Waals surface area contributed by atoms with Crippen LogP contribution in [0.2, 0.25) is 0 Å². The molecule has 6 amide bonds. The molecule has 45 heavy (non-hydrogen) atoms. The number of amides is 6. The van der Waals surface area contributed by atoms with Gasteiger partial charge in [-0.2, -0.15) is 0 Å². The van der Waals surface area contributed by atoms with Crippen LogP contribution in [0.1, 0.15) is 85.0 Å². The molecule has 0 aromatic carbocycles. The molecule has 0 radical (unpaired) electrons. The maximum absolute atomic E-state index is 13.3. The summed E-state index contributed by atoms with van der Waals surface area (Å²) in [6.07, 6.45) is 3.79. The molecule has 0 fully saturated rings. The molecule has 3 atom stereocenters. The number of hydrogen-bond acceptors (Lipinski definition) is 8. The van der Waals surface area contributed by atoms with E-state index in [4.69, 9.17) is 23.1 Å². The van der Waals surface area contributed by atoms with Crippen LogP contribution >= 0.6 is 12.2 Å². The Balaban J connectivity index is 5.35. The van der Waals surface area contributed by atoms with Crippen molar-refractivity contribution < 1.29 is 38.7 Å². The smallest absolute Gasteiger partial charge is 0.305 e. The van der Waals surface area contributed by atoms with E-state index in [0.29, 0.717) is 63.3 Å². The van der Waals surface area contributed by atoms with Gasteiger partial charge in [-0.25, -0.2) is 0 Å². The van der Waals surface area contributed by atoms with Gasteiger partial charge >= 0.3 is 5.97 Å². The molecule has 0 saturated carbocycles. The molecule has 0 aromatic rings. The van der Waals surface area contributed by atoms with E-state index in [0.717, 1.165) is 0 Å². The van der Waals surface area contributed by atoms with E-state index in [2.05, 4.69) is 37.2 Å². The first-order valence-corrected chi connectivity index (χ1v) is 15.5. The fourth-order valence-electron chi connectivity index (χ4n) is 4.11. The highest BCUT2D eigenvalue weighted by Crippen LogP contribution is 2.08. The van der Waals surface area contributed by atoms with Crippen molar-refractivity contribution in [2.45, 2.75) is 103 Å². The summed E-state index contributed by atoms with van der Waals surface area (Å²) in [4.78, 5) is 83.2. The second-order valence-electron chi connectivity index (χ2n) is 10.6. The third-order valence-electron chi connectivity index (χ3n) is 6.40. The number of carboxylic acid groups (broad SMARTS) is 1. The molecule has 0 aliphatic rings. The lowest BCUT2D eigenvalue weighted by Gasteiger charge is -2.25. The van der Waals surface area contributed by atoms with Crippen LogP contribution in [-0.4, -0.2) is 95.9 Å². The van der Waals surface area contributed by atoms with Crippen molar-refractivity contribution in [1.29, 1.82) is 0 Å². The number of unbranched alkanes of at least 4 members (excludes halogenated alkanes) is 3. The second-order valence-corrected chi connectivity index (χ2v) is 11.0. The molecule has 0 saturated heterocycles. The largest absolute Gasteiger partial charge is 0.481 e. The van der Waals surface area contributed by atoms with Crippen LogP contribution in [0, 0.1) is 0 Å². The summed E-state index contributed by atoms with van der Waals surface area (Å²) >= 11 is 5.11. The zero-order valence-electron chi connectivity index (χ0n) is 26.4. The van der Waals surface area contributed by atoms with Crippen molar-refractivity contribution in [3.8, 4) is 0 Å². The summed E-state index contributed by atoms with van der Waals surface area (Å²) in [7, 11) is 0. The van der Waals surface area contributed by atoms with Crippen LogP contribution in [0.25, 0.3) is 0 Å². The van der Waals surface area contributed by atoms with E-state index in [9.17, 15) is 33.6 Å². The first-order chi connectivity index (χ1) is 21.2. The lowest BCUT2D eigenvalue weighted by molar-refractivity contribution is -0.137. The van der Waals surface area contributed by atoms with Crippen LogP contribution in [0.5, 0.6) is 0 Å². The van der Waals surface area contributed by atoms with Crippen molar-refractivity contribution >= 4 is 58.7 Å². The predicted molar refractivity (Wildman–Crippen MR) is 170 cm³/mol. The van der Waals surface area contributed by atoms with Crippen molar-refractivity contribution in [3.05, 3.63) is 0 Å². The normalized spacial score (nSPS) is 12.4. The van der Waals surface area contributed by atoms with Crippen molar-refractivity contribution in [2.24, 2.45) is 5.73 Å². The molecular weight excluding hydrogens is 608 g/mol. The summed E-state index contributed by atoms with van der Waals surface area (Å²) in [5.74, 6) is -3.65. The number of carbonyl (C=O) groups excluding carboxylic acids is 6. The Labute approximate surface area is 269 Å².